The van der Waals surface area contributed by atoms with Gasteiger partial charge in [-0.2, -0.15) is 0 Å². The quantitative estimate of drug-likeness (QED) is 0.575. The molecule has 0 saturated heterocycles. The van der Waals surface area contributed by atoms with E-state index in [-0.39, 0.29) is 17.3 Å². The minimum Gasteiger partial charge on any atom is -0.493 e. The number of aromatic hydroxyl groups is 1. The number of rotatable bonds is 4. The van der Waals surface area contributed by atoms with Crippen molar-refractivity contribution in [3.63, 3.8) is 0 Å². The molecule has 0 spiro atoms. The van der Waals surface area contributed by atoms with Crippen molar-refractivity contribution in [2.24, 2.45) is 0 Å². The lowest BCUT2D eigenvalue weighted by molar-refractivity contribution is -0.385. The number of ether oxygens (including phenoxy) is 1. The Morgan fingerprint density at radius 2 is 1.95 bits per heavy atom. The molecule has 0 aliphatic heterocycles. The number of hydrogen-bond donors (Lipinski definition) is 1. The first-order valence-corrected chi connectivity index (χ1v) is 7.17. The van der Waals surface area contributed by atoms with Crippen molar-refractivity contribution in [1.29, 1.82) is 0 Å². The number of aromatic nitrogens is 1. The molecule has 0 unspecified atom stereocenters. The molecule has 0 amide bonds. The Hall–Kier alpha value is -2.93. The third kappa shape index (κ3) is 2.89. The second kappa shape index (κ2) is 5.82. The lowest BCUT2D eigenvalue weighted by Gasteiger charge is -2.07. The van der Waals surface area contributed by atoms with Crippen LogP contribution in [-0.2, 0) is 0 Å². The topological polar surface area (TPSA) is 85.5 Å². The summed E-state index contributed by atoms with van der Waals surface area (Å²) in [5.41, 5.74) is 0.397. The SMILES string of the molecule is O=[N+]([O-])c1cc(-c2nc(O)cs2)ccc1Oc1ccccc1. The fourth-order valence-corrected chi connectivity index (χ4v) is 2.57. The smallest absolute Gasteiger partial charge is 0.312 e. The third-order valence-corrected chi connectivity index (χ3v) is 3.74. The molecule has 0 fully saturated rings. The molecule has 0 atom stereocenters. The Labute approximate surface area is 129 Å². The molecule has 0 aliphatic rings. The van der Waals surface area contributed by atoms with Crippen molar-refractivity contribution in [2.75, 3.05) is 0 Å². The number of nitro benzene ring substituents is 1. The van der Waals surface area contributed by atoms with Crippen LogP contribution < -0.4 is 4.74 Å². The molecule has 6 nitrogen and oxygen atoms in total. The molecular formula is C15H10N2O4S. The fraction of sp³-hybridized carbons (Fsp3) is 0. The molecule has 110 valence electrons. The summed E-state index contributed by atoms with van der Waals surface area (Å²) >= 11 is 1.21. The molecule has 7 heteroatoms. The molecule has 2 aromatic carbocycles. The Balaban J connectivity index is 1.99. The van der Waals surface area contributed by atoms with Gasteiger partial charge in [-0.05, 0) is 24.3 Å². The van der Waals surface area contributed by atoms with Gasteiger partial charge in [-0.1, -0.05) is 18.2 Å². The van der Waals surface area contributed by atoms with Gasteiger partial charge in [0, 0.05) is 11.6 Å². The van der Waals surface area contributed by atoms with E-state index < -0.39 is 4.92 Å². The minimum absolute atomic E-state index is 0.104. The van der Waals surface area contributed by atoms with Crippen molar-refractivity contribution >= 4 is 17.0 Å². The number of para-hydroxylation sites is 1. The maximum absolute atomic E-state index is 11.3. The van der Waals surface area contributed by atoms with Gasteiger partial charge >= 0.3 is 5.69 Å². The lowest BCUT2D eigenvalue weighted by atomic mass is 10.2. The number of thiazole rings is 1. The van der Waals surface area contributed by atoms with Crippen molar-refractivity contribution in [2.45, 2.75) is 0 Å². The predicted octanol–water partition coefficient (Wildman–Crippen LogP) is 4.22. The average Bonchev–Trinajstić information content (AvgIpc) is 2.95. The van der Waals surface area contributed by atoms with Crippen molar-refractivity contribution in [3.05, 3.63) is 64.0 Å². The van der Waals surface area contributed by atoms with Gasteiger partial charge in [0.15, 0.2) is 0 Å². The predicted molar refractivity (Wildman–Crippen MR) is 82.4 cm³/mol. The molecule has 0 bridgehead atoms. The summed E-state index contributed by atoms with van der Waals surface area (Å²) in [4.78, 5) is 14.7. The van der Waals surface area contributed by atoms with Crippen LogP contribution in [0.1, 0.15) is 0 Å². The van der Waals surface area contributed by atoms with Crippen molar-refractivity contribution in [1.82, 2.24) is 4.98 Å². The summed E-state index contributed by atoms with van der Waals surface area (Å²) in [6, 6.07) is 13.4. The monoisotopic (exact) mass is 314 g/mol. The summed E-state index contributed by atoms with van der Waals surface area (Å²) in [5.74, 6) is 0.568. The number of benzene rings is 2. The van der Waals surface area contributed by atoms with Gasteiger partial charge in [0.05, 0.1) is 10.3 Å². The highest BCUT2D eigenvalue weighted by molar-refractivity contribution is 7.13. The van der Waals surface area contributed by atoms with E-state index in [2.05, 4.69) is 4.98 Å². The lowest BCUT2D eigenvalue weighted by Crippen LogP contribution is -1.94. The Morgan fingerprint density at radius 3 is 2.59 bits per heavy atom. The minimum atomic E-state index is -0.505. The standard InChI is InChI=1S/C15H10N2O4S/c18-14-9-22-15(16-14)10-6-7-13(12(8-10)17(19)20)21-11-4-2-1-3-5-11/h1-9,18H. The summed E-state index contributed by atoms with van der Waals surface area (Å²) in [7, 11) is 0. The zero-order valence-electron chi connectivity index (χ0n) is 11.2. The first kappa shape index (κ1) is 14.0. The summed E-state index contributed by atoms with van der Waals surface area (Å²) in [6.07, 6.45) is 0. The van der Waals surface area contributed by atoms with Crippen LogP contribution in [0.5, 0.6) is 17.4 Å². The molecule has 3 rings (SSSR count). The average molecular weight is 314 g/mol. The molecule has 22 heavy (non-hydrogen) atoms. The van der Waals surface area contributed by atoms with E-state index in [4.69, 9.17) is 4.74 Å². The molecular weight excluding hydrogens is 304 g/mol. The van der Waals surface area contributed by atoms with Crippen LogP contribution in [0.25, 0.3) is 10.6 Å². The molecule has 3 aromatic rings. The van der Waals surface area contributed by atoms with Gasteiger partial charge in [0.2, 0.25) is 11.6 Å². The van der Waals surface area contributed by atoms with Crippen LogP contribution in [0.15, 0.2) is 53.9 Å². The van der Waals surface area contributed by atoms with E-state index in [0.717, 1.165) is 0 Å². The van der Waals surface area contributed by atoms with Crippen molar-refractivity contribution in [3.8, 4) is 28.0 Å². The molecule has 0 aliphatic carbocycles. The van der Waals surface area contributed by atoms with Gasteiger partial charge in [0.25, 0.3) is 0 Å². The maximum Gasteiger partial charge on any atom is 0.312 e. The van der Waals surface area contributed by atoms with E-state index in [9.17, 15) is 15.2 Å². The van der Waals surface area contributed by atoms with E-state index in [0.29, 0.717) is 16.3 Å². The molecule has 0 radical (unpaired) electrons. The number of nitro groups is 1. The second-order valence-electron chi connectivity index (χ2n) is 4.37. The van der Waals surface area contributed by atoms with Gasteiger partial charge in [-0.25, -0.2) is 4.98 Å². The summed E-state index contributed by atoms with van der Waals surface area (Å²) in [5, 5.41) is 22.5. The first-order valence-electron chi connectivity index (χ1n) is 6.30. The van der Waals surface area contributed by atoms with Crippen LogP contribution in [0.2, 0.25) is 0 Å². The molecule has 1 heterocycles. The largest absolute Gasteiger partial charge is 0.493 e. The van der Waals surface area contributed by atoms with Crippen LogP contribution in [-0.4, -0.2) is 15.0 Å². The van der Waals surface area contributed by atoms with Crippen LogP contribution in [0, 0.1) is 10.1 Å². The number of hydrogen-bond acceptors (Lipinski definition) is 6. The highest BCUT2D eigenvalue weighted by atomic mass is 32.1. The van der Waals surface area contributed by atoms with Gasteiger partial charge < -0.3 is 9.84 Å². The fourth-order valence-electron chi connectivity index (χ4n) is 1.89. The first-order chi connectivity index (χ1) is 10.6. The van der Waals surface area contributed by atoms with Crippen molar-refractivity contribution < 1.29 is 14.8 Å². The Kier molecular flexibility index (Phi) is 3.71. The summed E-state index contributed by atoms with van der Waals surface area (Å²) in [6.45, 7) is 0. The van der Waals surface area contributed by atoms with Crippen LogP contribution >= 0.6 is 11.3 Å². The molecule has 1 aromatic heterocycles. The zero-order valence-corrected chi connectivity index (χ0v) is 12.0. The van der Waals surface area contributed by atoms with Gasteiger partial charge in [-0.15, -0.1) is 11.3 Å². The molecule has 0 saturated carbocycles. The van der Waals surface area contributed by atoms with E-state index in [1.165, 1.54) is 28.8 Å². The number of nitrogens with zero attached hydrogens (tertiary/aromatic N) is 2. The highest BCUT2D eigenvalue weighted by Gasteiger charge is 2.18. The highest BCUT2D eigenvalue weighted by Crippen LogP contribution is 2.36. The molecule has 1 N–H and O–H groups in total. The van der Waals surface area contributed by atoms with E-state index >= 15 is 0 Å². The summed E-state index contributed by atoms with van der Waals surface area (Å²) < 4.78 is 5.56. The normalized spacial score (nSPS) is 10.4. The Morgan fingerprint density at radius 1 is 1.18 bits per heavy atom. The zero-order chi connectivity index (χ0) is 15.5. The van der Waals surface area contributed by atoms with Gasteiger partial charge in [-0.3, -0.25) is 10.1 Å². The van der Waals surface area contributed by atoms with Crippen LogP contribution in [0.3, 0.4) is 0 Å². The second-order valence-corrected chi connectivity index (χ2v) is 5.22. The van der Waals surface area contributed by atoms with E-state index in [1.54, 1.807) is 30.3 Å². The maximum atomic E-state index is 11.3. The van der Waals surface area contributed by atoms with E-state index in [1.807, 2.05) is 6.07 Å². The van der Waals surface area contributed by atoms with Crippen LogP contribution in [0.4, 0.5) is 5.69 Å². The van der Waals surface area contributed by atoms with Gasteiger partial charge in [0.1, 0.15) is 10.8 Å². The third-order valence-electron chi connectivity index (χ3n) is 2.87. The Bertz CT molecular complexity index is 817.